The molecule has 2 aromatic carbocycles. The maximum absolute atomic E-state index is 10.8. The van der Waals surface area contributed by atoms with Gasteiger partial charge in [0.15, 0.2) is 0 Å². The number of aromatic nitrogens is 1. The van der Waals surface area contributed by atoms with Crippen LogP contribution in [0.2, 0.25) is 0 Å². The van der Waals surface area contributed by atoms with Gasteiger partial charge in [0.1, 0.15) is 18.0 Å². The maximum Gasteiger partial charge on any atom is 0.129 e. The number of ether oxygens (including phenoxy) is 1. The van der Waals surface area contributed by atoms with Gasteiger partial charge in [-0.3, -0.25) is 4.98 Å². The van der Waals surface area contributed by atoms with Crippen LogP contribution >= 0.6 is 12.4 Å². The number of hydrogen-bond acceptors (Lipinski definition) is 3. The third-order valence-electron chi connectivity index (χ3n) is 3.81. The lowest BCUT2D eigenvalue weighted by molar-refractivity contribution is 0.0970. The van der Waals surface area contributed by atoms with Crippen LogP contribution in [0.3, 0.4) is 0 Å². The summed E-state index contributed by atoms with van der Waals surface area (Å²) in [6.07, 6.45) is 1.68. The lowest BCUT2D eigenvalue weighted by Crippen LogP contribution is -2.24. The molecule has 1 N–H and O–H groups in total. The molecule has 0 saturated carbocycles. The average Bonchev–Trinajstić information content (AvgIpc) is 2.62. The summed E-state index contributed by atoms with van der Waals surface area (Å²) in [4.78, 5) is 4.26. The zero-order valence-corrected chi connectivity index (χ0v) is 14.2. The van der Waals surface area contributed by atoms with Crippen molar-refractivity contribution in [2.24, 2.45) is 0 Å². The molecule has 0 radical (unpaired) electrons. The average molecular weight is 342 g/mol. The van der Waals surface area contributed by atoms with Gasteiger partial charge < -0.3 is 9.84 Å². The van der Waals surface area contributed by atoms with Crippen LogP contribution in [0.1, 0.15) is 23.7 Å². The van der Waals surface area contributed by atoms with Crippen LogP contribution in [0.25, 0.3) is 0 Å². The summed E-state index contributed by atoms with van der Waals surface area (Å²) in [5, 5.41) is 10.8. The van der Waals surface area contributed by atoms with Crippen LogP contribution in [0.5, 0.6) is 5.75 Å². The molecule has 0 spiro atoms. The fourth-order valence-corrected chi connectivity index (χ4v) is 2.43. The molecule has 0 bridgehead atoms. The molecule has 1 unspecified atom stereocenters. The highest BCUT2D eigenvalue weighted by Crippen LogP contribution is 2.29. The Balaban J connectivity index is 0.00000208. The minimum absolute atomic E-state index is 0. The van der Waals surface area contributed by atoms with Crippen molar-refractivity contribution in [2.45, 2.75) is 19.1 Å². The molecule has 0 aliphatic heterocycles. The van der Waals surface area contributed by atoms with E-state index in [9.17, 15) is 5.11 Å². The standard InChI is InChI=1S/C20H19NO2.ClH/c1-20(22,19-12-5-6-13-21-19)17-10-7-11-18(14-17)23-15-16-8-3-2-4-9-16;/h2-14,22H,15H2,1H3;1H. The molecule has 3 rings (SSSR count). The van der Waals surface area contributed by atoms with E-state index in [0.717, 1.165) is 16.9 Å². The van der Waals surface area contributed by atoms with Gasteiger partial charge in [-0.1, -0.05) is 48.5 Å². The van der Waals surface area contributed by atoms with Crippen molar-refractivity contribution >= 4 is 12.4 Å². The zero-order chi connectivity index (χ0) is 16.1. The summed E-state index contributed by atoms with van der Waals surface area (Å²) >= 11 is 0. The van der Waals surface area contributed by atoms with E-state index in [-0.39, 0.29) is 12.4 Å². The second-order valence-corrected chi connectivity index (χ2v) is 5.59. The van der Waals surface area contributed by atoms with Crippen LogP contribution in [0.4, 0.5) is 0 Å². The second kappa shape index (κ2) is 7.95. The Hall–Kier alpha value is -2.36. The smallest absolute Gasteiger partial charge is 0.129 e. The van der Waals surface area contributed by atoms with Crippen molar-refractivity contribution < 1.29 is 9.84 Å². The van der Waals surface area contributed by atoms with Crippen molar-refractivity contribution in [3.63, 3.8) is 0 Å². The summed E-state index contributed by atoms with van der Waals surface area (Å²) < 4.78 is 5.83. The van der Waals surface area contributed by atoms with E-state index in [0.29, 0.717) is 12.3 Å². The maximum atomic E-state index is 10.8. The van der Waals surface area contributed by atoms with Crippen LogP contribution in [0.15, 0.2) is 79.0 Å². The molecule has 3 aromatic rings. The monoisotopic (exact) mass is 341 g/mol. The number of aliphatic hydroxyl groups is 1. The zero-order valence-electron chi connectivity index (χ0n) is 13.4. The molecule has 0 amide bonds. The Morgan fingerprint density at radius 3 is 2.42 bits per heavy atom. The van der Waals surface area contributed by atoms with Crippen molar-refractivity contribution in [3.8, 4) is 5.75 Å². The summed E-state index contributed by atoms with van der Waals surface area (Å²) in [7, 11) is 0. The molecule has 1 atom stereocenters. The third kappa shape index (κ3) is 4.13. The Labute approximate surface area is 148 Å². The largest absolute Gasteiger partial charge is 0.489 e. The van der Waals surface area contributed by atoms with Crippen LogP contribution in [-0.4, -0.2) is 10.1 Å². The van der Waals surface area contributed by atoms with Gasteiger partial charge in [0.05, 0.1) is 5.69 Å². The van der Waals surface area contributed by atoms with Crippen molar-refractivity contribution in [2.75, 3.05) is 0 Å². The Morgan fingerprint density at radius 2 is 1.71 bits per heavy atom. The van der Waals surface area contributed by atoms with Gasteiger partial charge in [-0.25, -0.2) is 0 Å². The van der Waals surface area contributed by atoms with Crippen LogP contribution in [0, 0.1) is 0 Å². The van der Waals surface area contributed by atoms with E-state index in [4.69, 9.17) is 4.74 Å². The fourth-order valence-electron chi connectivity index (χ4n) is 2.43. The summed E-state index contributed by atoms with van der Waals surface area (Å²) in [5.74, 6) is 0.725. The van der Waals surface area contributed by atoms with Gasteiger partial charge in [0.2, 0.25) is 0 Å². The first kappa shape index (κ1) is 18.0. The SMILES string of the molecule is CC(O)(c1cccc(OCc2ccccc2)c1)c1ccccn1.Cl. The highest BCUT2D eigenvalue weighted by Gasteiger charge is 2.27. The quantitative estimate of drug-likeness (QED) is 0.750. The Morgan fingerprint density at radius 1 is 0.958 bits per heavy atom. The minimum Gasteiger partial charge on any atom is -0.489 e. The first-order valence-electron chi connectivity index (χ1n) is 7.57. The normalized spacial score (nSPS) is 12.8. The van der Waals surface area contributed by atoms with Gasteiger partial charge in [-0.2, -0.15) is 0 Å². The van der Waals surface area contributed by atoms with Crippen molar-refractivity contribution in [1.29, 1.82) is 0 Å². The van der Waals surface area contributed by atoms with Gasteiger partial charge in [-0.05, 0) is 42.3 Å². The number of hydrogen-bond donors (Lipinski definition) is 1. The van der Waals surface area contributed by atoms with E-state index < -0.39 is 5.60 Å². The molecule has 4 heteroatoms. The number of benzene rings is 2. The second-order valence-electron chi connectivity index (χ2n) is 5.59. The predicted molar refractivity (Wildman–Crippen MR) is 97.4 cm³/mol. The molecule has 124 valence electrons. The first-order valence-corrected chi connectivity index (χ1v) is 7.57. The molecule has 0 aliphatic rings. The molecule has 0 saturated heterocycles. The molecule has 24 heavy (non-hydrogen) atoms. The molecule has 0 aliphatic carbocycles. The topological polar surface area (TPSA) is 42.4 Å². The fraction of sp³-hybridized carbons (Fsp3) is 0.150. The number of pyridine rings is 1. The van der Waals surface area contributed by atoms with Gasteiger partial charge in [0.25, 0.3) is 0 Å². The number of rotatable bonds is 5. The molecular formula is C20H20ClNO2. The van der Waals surface area contributed by atoms with Crippen LogP contribution in [-0.2, 0) is 12.2 Å². The lowest BCUT2D eigenvalue weighted by Gasteiger charge is -2.23. The van der Waals surface area contributed by atoms with E-state index in [1.165, 1.54) is 0 Å². The van der Waals surface area contributed by atoms with Crippen LogP contribution < -0.4 is 4.74 Å². The van der Waals surface area contributed by atoms with E-state index in [1.807, 2.05) is 72.8 Å². The van der Waals surface area contributed by atoms with Gasteiger partial charge >= 0.3 is 0 Å². The van der Waals surface area contributed by atoms with Crippen molar-refractivity contribution in [3.05, 3.63) is 95.8 Å². The molecule has 1 heterocycles. The van der Waals surface area contributed by atoms with E-state index in [1.54, 1.807) is 13.1 Å². The summed E-state index contributed by atoms with van der Waals surface area (Å²) in [5.41, 5.74) is 1.31. The molecule has 0 fully saturated rings. The highest BCUT2D eigenvalue weighted by molar-refractivity contribution is 5.85. The predicted octanol–water partition coefficient (Wildman–Crippen LogP) is 4.34. The minimum atomic E-state index is -1.16. The number of nitrogens with zero attached hydrogens (tertiary/aromatic N) is 1. The third-order valence-corrected chi connectivity index (χ3v) is 3.81. The Bertz CT molecular complexity index is 761. The first-order chi connectivity index (χ1) is 11.2. The Kier molecular flexibility index (Phi) is 5.96. The molecular weight excluding hydrogens is 322 g/mol. The molecule has 3 nitrogen and oxygen atoms in total. The lowest BCUT2D eigenvalue weighted by atomic mass is 9.92. The van der Waals surface area contributed by atoms with E-state index in [2.05, 4.69) is 4.98 Å². The number of halogens is 1. The van der Waals surface area contributed by atoms with Crippen molar-refractivity contribution in [1.82, 2.24) is 4.98 Å². The van der Waals surface area contributed by atoms with Gasteiger partial charge in [0, 0.05) is 6.20 Å². The summed E-state index contributed by atoms with van der Waals surface area (Å²) in [6, 6.07) is 23.0. The van der Waals surface area contributed by atoms with E-state index >= 15 is 0 Å². The highest BCUT2D eigenvalue weighted by atomic mass is 35.5. The molecule has 1 aromatic heterocycles. The van der Waals surface area contributed by atoms with Gasteiger partial charge in [-0.15, -0.1) is 12.4 Å². The summed E-state index contributed by atoms with van der Waals surface area (Å²) in [6.45, 7) is 2.24.